The van der Waals surface area contributed by atoms with E-state index >= 15 is 0 Å². The molecule has 0 aliphatic carbocycles. The number of halogens is 1. The van der Waals surface area contributed by atoms with Crippen LogP contribution < -0.4 is 10.5 Å². The number of sulfonamides is 1. The molecule has 10 heteroatoms. The molecule has 0 spiro atoms. The molecule has 1 heterocycles. The number of carbonyl (C=O) groups is 2. The molecule has 1 atom stereocenters. The van der Waals surface area contributed by atoms with Crippen LogP contribution in [0.2, 0.25) is 0 Å². The standard InChI is InChI=1S/C20H18FN3O5S/c1-11-17(9-13-3-4-14(21)10-18(13)23-11)20(26)29-12(2)19(25)24-15-5-7-16(8-6-15)30(22,27)28/h3-10,12H,1-2H3,(H,24,25)(H2,22,27,28)/t12-/m0/s1. The Labute approximate surface area is 171 Å². The Hall–Kier alpha value is -3.37. The van der Waals surface area contributed by atoms with E-state index in [1.807, 2.05) is 0 Å². The zero-order valence-electron chi connectivity index (χ0n) is 16.0. The number of anilines is 1. The Morgan fingerprint density at radius 3 is 2.43 bits per heavy atom. The Balaban J connectivity index is 1.70. The predicted molar refractivity (Wildman–Crippen MR) is 108 cm³/mol. The van der Waals surface area contributed by atoms with E-state index in [2.05, 4.69) is 10.3 Å². The topological polar surface area (TPSA) is 128 Å². The van der Waals surface area contributed by atoms with Crippen molar-refractivity contribution in [3.05, 3.63) is 65.6 Å². The predicted octanol–water partition coefficient (Wildman–Crippen LogP) is 2.51. The quantitative estimate of drug-likeness (QED) is 0.598. The van der Waals surface area contributed by atoms with Crippen LogP contribution in [0.25, 0.3) is 10.9 Å². The highest BCUT2D eigenvalue weighted by Crippen LogP contribution is 2.19. The summed E-state index contributed by atoms with van der Waals surface area (Å²) in [5, 5.41) is 8.10. The number of nitrogens with one attached hydrogen (secondary N) is 1. The number of aryl methyl sites for hydroxylation is 1. The van der Waals surface area contributed by atoms with E-state index in [4.69, 9.17) is 9.88 Å². The maximum atomic E-state index is 13.3. The Morgan fingerprint density at radius 1 is 1.13 bits per heavy atom. The fraction of sp³-hybridized carbons (Fsp3) is 0.150. The van der Waals surface area contributed by atoms with Gasteiger partial charge < -0.3 is 10.1 Å². The van der Waals surface area contributed by atoms with Crippen LogP contribution in [0.1, 0.15) is 23.0 Å². The van der Waals surface area contributed by atoms with Crippen molar-refractivity contribution in [2.45, 2.75) is 24.8 Å². The largest absolute Gasteiger partial charge is 0.449 e. The lowest BCUT2D eigenvalue weighted by atomic mass is 10.1. The molecule has 0 bridgehead atoms. The maximum absolute atomic E-state index is 13.3. The van der Waals surface area contributed by atoms with Crippen molar-refractivity contribution in [1.29, 1.82) is 0 Å². The summed E-state index contributed by atoms with van der Waals surface area (Å²) in [6.07, 6.45) is -1.14. The molecule has 30 heavy (non-hydrogen) atoms. The molecule has 0 fully saturated rings. The first kappa shape index (κ1) is 21.3. The lowest BCUT2D eigenvalue weighted by Gasteiger charge is -2.15. The molecule has 8 nitrogen and oxygen atoms in total. The number of fused-ring (bicyclic) bond motifs is 1. The molecule has 3 rings (SSSR count). The molecule has 0 saturated carbocycles. The highest BCUT2D eigenvalue weighted by atomic mass is 32.2. The van der Waals surface area contributed by atoms with Crippen molar-refractivity contribution in [3.8, 4) is 0 Å². The highest BCUT2D eigenvalue weighted by Gasteiger charge is 2.21. The number of benzene rings is 2. The smallest absolute Gasteiger partial charge is 0.340 e. The van der Waals surface area contributed by atoms with E-state index in [9.17, 15) is 22.4 Å². The Bertz CT molecular complexity index is 1240. The summed E-state index contributed by atoms with van der Waals surface area (Å²) in [7, 11) is -3.84. The van der Waals surface area contributed by atoms with Gasteiger partial charge in [-0.05, 0) is 56.3 Å². The van der Waals surface area contributed by atoms with Crippen molar-refractivity contribution < 1.29 is 27.1 Å². The van der Waals surface area contributed by atoms with E-state index in [0.717, 1.165) is 0 Å². The molecule has 0 aliphatic heterocycles. The number of esters is 1. The highest BCUT2D eigenvalue weighted by molar-refractivity contribution is 7.89. The second kappa shape index (κ2) is 8.17. The third-order valence-corrected chi connectivity index (χ3v) is 5.22. The average molecular weight is 431 g/mol. The van der Waals surface area contributed by atoms with Gasteiger partial charge in [-0.15, -0.1) is 0 Å². The minimum Gasteiger partial charge on any atom is -0.449 e. The fourth-order valence-electron chi connectivity index (χ4n) is 2.69. The molecule has 156 valence electrons. The van der Waals surface area contributed by atoms with Crippen molar-refractivity contribution in [3.63, 3.8) is 0 Å². The number of rotatable bonds is 5. The monoisotopic (exact) mass is 431 g/mol. The molecule has 0 aliphatic rings. The second-order valence-electron chi connectivity index (χ2n) is 6.56. The second-order valence-corrected chi connectivity index (χ2v) is 8.13. The fourth-order valence-corrected chi connectivity index (χ4v) is 3.21. The first-order chi connectivity index (χ1) is 14.0. The SMILES string of the molecule is Cc1nc2cc(F)ccc2cc1C(=O)O[C@@H](C)C(=O)Nc1ccc(S(N)(=O)=O)cc1. The van der Waals surface area contributed by atoms with Crippen molar-refractivity contribution in [1.82, 2.24) is 4.98 Å². The van der Waals surface area contributed by atoms with Gasteiger partial charge in [-0.25, -0.2) is 22.7 Å². The number of nitrogens with zero attached hydrogens (tertiary/aromatic N) is 1. The zero-order chi connectivity index (χ0) is 22.1. The summed E-state index contributed by atoms with van der Waals surface area (Å²) in [4.78, 5) is 28.9. The first-order valence-corrected chi connectivity index (χ1v) is 10.3. The normalized spacial score (nSPS) is 12.4. The zero-order valence-corrected chi connectivity index (χ0v) is 16.9. The van der Waals surface area contributed by atoms with Crippen molar-refractivity contribution in [2.24, 2.45) is 5.14 Å². The number of hydrogen-bond acceptors (Lipinski definition) is 6. The van der Waals surface area contributed by atoms with Crippen LogP contribution in [0.5, 0.6) is 0 Å². The number of amides is 1. The summed E-state index contributed by atoms with van der Waals surface area (Å²) >= 11 is 0. The summed E-state index contributed by atoms with van der Waals surface area (Å²) in [5.74, 6) is -1.80. The third-order valence-electron chi connectivity index (χ3n) is 4.29. The Kier molecular flexibility index (Phi) is 5.81. The van der Waals surface area contributed by atoms with Crippen LogP contribution in [0.3, 0.4) is 0 Å². The molecule has 3 aromatic rings. The van der Waals surface area contributed by atoms with Crippen molar-refractivity contribution in [2.75, 3.05) is 5.32 Å². The third kappa shape index (κ3) is 4.78. The van der Waals surface area contributed by atoms with E-state index in [-0.39, 0.29) is 10.5 Å². The number of nitrogens with two attached hydrogens (primary N) is 1. The number of ether oxygens (including phenoxy) is 1. The van der Waals surface area contributed by atoms with Gasteiger partial charge in [0, 0.05) is 17.1 Å². The Morgan fingerprint density at radius 2 is 1.80 bits per heavy atom. The molecular formula is C20H18FN3O5S. The number of carbonyl (C=O) groups excluding carboxylic acids is 2. The summed E-state index contributed by atoms with van der Waals surface area (Å²) < 4.78 is 41.1. The van der Waals surface area contributed by atoms with Crippen LogP contribution in [0.4, 0.5) is 10.1 Å². The molecule has 1 aromatic heterocycles. The number of pyridine rings is 1. The molecule has 0 saturated heterocycles. The number of primary sulfonamides is 1. The van der Waals surface area contributed by atoms with Gasteiger partial charge in [0.05, 0.1) is 21.7 Å². The average Bonchev–Trinajstić information content (AvgIpc) is 2.66. The molecule has 2 aromatic carbocycles. The van der Waals surface area contributed by atoms with Crippen molar-refractivity contribution >= 4 is 38.5 Å². The van der Waals surface area contributed by atoms with Gasteiger partial charge >= 0.3 is 5.97 Å². The van der Waals surface area contributed by atoms with Crippen LogP contribution in [0, 0.1) is 12.7 Å². The van der Waals surface area contributed by atoms with Gasteiger partial charge in [-0.1, -0.05) is 0 Å². The van der Waals surface area contributed by atoms with Crippen LogP contribution in [0.15, 0.2) is 53.4 Å². The first-order valence-electron chi connectivity index (χ1n) is 8.76. The van der Waals surface area contributed by atoms with E-state index in [1.54, 1.807) is 6.92 Å². The van der Waals surface area contributed by atoms with Gasteiger partial charge in [-0.2, -0.15) is 0 Å². The number of hydrogen-bond donors (Lipinski definition) is 2. The van der Waals surface area contributed by atoms with E-state index in [1.165, 1.54) is 55.5 Å². The lowest BCUT2D eigenvalue weighted by molar-refractivity contribution is -0.123. The minimum absolute atomic E-state index is 0.0980. The molecular weight excluding hydrogens is 413 g/mol. The molecule has 0 radical (unpaired) electrons. The van der Waals surface area contributed by atoms with Crippen LogP contribution >= 0.6 is 0 Å². The molecule has 0 unspecified atom stereocenters. The van der Waals surface area contributed by atoms with E-state index < -0.39 is 33.8 Å². The van der Waals surface area contributed by atoms with Gasteiger partial charge in [-0.3, -0.25) is 9.78 Å². The van der Waals surface area contributed by atoms with Gasteiger partial charge in [0.15, 0.2) is 6.10 Å². The molecule has 1 amide bonds. The van der Waals surface area contributed by atoms with Gasteiger partial charge in [0.2, 0.25) is 10.0 Å². The summed E-state index contributed by atoms with van der Waals surface area (Å²) in [5.41, 5.74) is 1.20. The number of aromatic nitrogens is 1. The van der Waals surface area contributed by atoms with Crippen LogP contribution in [-0.4, -0.2) is 31.4 Å². The van der Waals surface area contributed by atoms with Crippen LogP contribution in [-0.2, 0) is 19.6 Å². The van der Waals surface area contributed by atoms with Gasteiger partial charge in [0.1, 0.15) is 5.82 Å². The lowest BCUT2D eigenvalue weighted by Crippen LogP contribution is -2.30. The van der Waals surface area contributed by atoms with E-state index in [0.29, 0.717) is 22.3 Å². The maximum Gasteiger partial charge on any atom is 0.340 e. The van der Waals surface area contributed by atoms with Gasteiger partial charge in [0.25, 0.3) is 5.91 Å². The summed E-state index contributed by atoms with van der Waals surface area (Å²) in [6.45, 7) is 2.98. The summed E-state index contributed by atoms with van der Waals surface area (Å²) in [6, 6.07) is 10.8. The molecule has 3 N–H and O–H groups in total. The minimum atomic E-state index is -3.84.